The first-order chi connectivity index (χ1) is 12.2. The van der Waals surface area contributed by atoms with Gasteiger partial charge in [0, 0.05) is 10.5 Å². The van der Waals surface area contributed by atoms with Crippen LogP contribution in [0.3, 0.4) is 0 Å². The maximum Gasteiger partial charge on any atom is 0.411 e. The minimum Gasteiger partial charge on any atom is -0.490 e. The van der Waals surface area contributed by atoms with Crippen molar-refractivity contribution in [1.82, 2.24) is 5.32 Å². The van der Waals surface area contributed by atoms with Gasteiger partial charge in [0.25, 0.3) is 0 Å². The molecule has 1 aromatic rings. The quantitative estimate of drug-likeness (QED) is 0.598. The second-order valence-corrected chi connectivity index (χ2v) is 6.39. The predicted octanol–water partition coefficient (Wildman–Crippen LogP) is 3.87. The van der Waals surface area contributed by atoms with Crippen LogP contribution in [0.5, 0.6) is 11.5 Å². The molecule has 148 valence electrons. The summed E-state index contributed by atoms with van der Waals surface area (Å²) in [6.45, 7) is 4.63. The summed E-state index contributed by atoms with van der Waals surface area (Å²) >= 11 is 3.40. The SMILES string of the molecule is CCOc1cc(Br)c(CC(=O)NC(C)COCC(F)(F)F)cc1OCC. The lowest BCUT2D eigenvalue weighted by Gasteiger charge is -2.17. The van der Waals surface area contributed by atoms with Gasteiger partial charge in [-0.05, 0) is 38.5 Å². The van der Waals surface area contributed by atoms with Crippen LogP contribution in [-0.4, -0.2) is 44.6 Å². The number of amides is 1. The van der Waals surface area contributed by atoms with Crippen LogP contribution >= 0.6 is 15.9 Å². The Morgan fingerprint density at radius 3 is 2.31 bits per heavy atom. The lowest BCUT2D eigenvalue weighted by molar-refractivity contribution is -0.175. The first-order valence-corrected chi connectivity index (χ1v) is 8.97. The van der Waals surface area contributed by atoms with Crippen LogP contribution in [0.1, 0.15) is 26.3 Å². The maximum atomic E-state index is 12.1. The van der Waals surface area contributed by atoms with Crippen molar-refractivity contribution in [2.24, 2.45) is 0 Å². The van der Waals surface area contributed by atoms with Gasteiger partial charge >= 0.3 is 6.18 Å². The van der Waals surface area contributed by atoms with Crippen molar-refractivity contribution in [1.29, 1.82) is 0 Å². The van der Waals surface area contributed by atoms with Gasteiger partial charge in [0.1, 0.15) is 6.61 Å². The molecule has 1 amide bonds. The summed E-state index contributed by atoms with van der Waals surface area (Å²) in [7, 11) is 0. The van der Waals surface area contributed by atoms with E-state index in [1.807, 2.05) is 13.8 Å². The maximum absolute atomic E-state index is 12.1. The number of carbonyl (C=O) groups excluding carboxylic acids is 1. The van der Waals surface area contributed by atoms with Gasteiger partial charge in [0.05, 0.1) is 26.2 Å². The molecule has 0 heterocycles. The lowest BCUT2D eigenvalue weighted by Crippen LogP contribution is -2.37. The molecule has 26 heavy (non-hydrogen) atoms. The summed E-state index contributed by atoms with van der Waals surface area (Å²) < 4.78 is 52.4. The molecule has 5 nitrogen and oxygen atoms in total. The van der Waals surface area contributed by atoms with Gasteiger partial charge in [-0.15, -0.1) is 0 Å². The largest absolute Gasteiger partial charge is 0.490 e. The molecule has 0 aliphatic heterocycles. The molecule has 0 aliphatic rings. The average molecular weight is 442 g/mol. The van der Waals surface area contributed by atoms with E-state index in [0.29, 0.717) is 34.7 Å². The van der Waals surface area contributed by atoms with Crippen molar-refractivity contribution in [3.05, 3.63) is 22.2 Å². The predicted molar refractivity (Wildman–Crippen MR) is 94.7 cm³/mol. The van der Waals surface area contributed by atoms with E-state index in [1.165, 1.54) is 0 Å². The van der Waals surface area contributed by atoms with E-state index in [4.69, 9.17) is 9.47 Å². The lowest BCUT2D eigenvalue weighted by atomic mass is 10.1. The number of hydrogen-bond acceptors (Lipinski definition) is 4. The van der Waals surface area contributed by atoms with Crippen LogP contribution in [0.15, 0.2) is 16.6 Å². The highest BCUT2D eigenvalue weighted by Crippen LogP contribution is 2.34. The molecule has 1 unspecified atom stereocenters. The van der Waals surface area contributed by atoms with Crippen LogP contribution in [0.2, 0.25) is 0 Å². The number of halogens is 4. The van der Waals surface area contributed by atoms with Gasteiger partial charge in [-0.2, -0.15) is 13.2 Å². The zero-order valence-electron chi connectivity index (χ0n) is 14.9. The van der Waals surface area contributed by atoms with Crippen LogP contribution in [0.4, 0.5) is 13.2 Å². The molecule has 1 N–H and O–H groups in total. The molecule has 1 aromatic carbocycles. The molecule has 0 saturated carbocycles. The Kier molecular flexibility index (Phi) is 9.21. The molecule has 0 bridgehead atoms. The first kappa shape index (κ1) is 22.6. The van der Waals surface area contributed by atoms with Gasteiger partial charge in [0.15, 0.2) is 11.5 Å². The highest BCUT2D eigenvalue weighted by atomic mass is 79.9. The average Bonchev–Trinajstić information content (AvgIpc) is 2.50. The summed E-state index contributed by atoms with van der Waals surface area (Å²) in [5.74, 6) is 0.765. The van der Waals surface area contributed by atoms with Gasteiger partial charge in [-0.25, -0.2) is 0 Å². The van der Waals surface area contributed by atoms with E-state index in [9.17, 15) is 18.0 Å². The smallest absolute Gasteiger partial charge is 0.411 e. The van der Waals surface area contributed by atoms with Crippen LogP contribution in [0.25, 0.3) is 0 Å². The molecular weight excluding hydrogens is 419 g/mol. The molecule has 9 heteroatoms. The molecule has 1 atom stereocenters. The number of hydrogen-bond donors (Lipinski definition) is 1. The van der Waals surface area contributed by atoms with Gasteiger partial charge < -0.3 is 19.5 Å². The summed E-state index contributed by atoms with van der Waals surface area (Å²) in [6, 6.07) is 2.90. The molecule has 0 radical (unpaired) electrons. The van der Waals surface area contributed by atoms with Crippen molar-refractivity contribution in [2.45, 2.75) is 39.4 Å². The van der Waals surface area contributed by atoms with Gasteiger partial charge in [-0.3, -0.25) is 4.79 Å². The highest BCUT2D eigenvalue weighted by molar-refractivity contribution is 9.10. The summed E-state index contributed by atoms with van der Waals surface area (Å²) in [4.78, 5) is 12.1. The Morgan fingerprint density at radius 2 is 1.77 bits per heavy atom. The fraction of sp³-hybridized carbons (Fsp3) is 0.588. The summed E-state index contributed by atoms with van der Waals surface area (Å²) in [5, 5.41) is 2.61. The van der Waals surface area contributed by atoms with Gasteiger partial charge in [0.2, 0.25) is 5.91 Å². The Bertz CT molecular complexity index is 596. The Hall–Kier alpha value is -1.48. The minimum absolute atomic E-state index is 0.0384. The third kappa shape index (κ3) is 8.27. The molecule has 0 aliphatic carbocycles. The second-order valence-electron chi connectivity index (χ2n) is 5.53. The van der Waals surface area contributed by atoms with Crippen molar-refractivity contribution in [3.8, 4) is 11.5 Å². The third-order valence-corrected chi connectivity index (χ3v) is 3.84. The topological polar surface area (TPSA) is 56.8 Å². The molecule has 0 fully saturated rings. The van der Waals surface area contributed by atoms with Crippen LogP contribution < -0.4 is 14.8 Å². The third-order valence-electron chi connectivity index (χ3n) is 3.10. The minimum atomic E-state index is -4.38. The fourth-order valence-corrected chi connectivity index (χ4v) is 2.60. The number of carbonyl (C=O) groups is 1. The molecule has 1 rings (SSSR count). The number of nitrogens with one attached hydrogen (secondary N) is 1. The Morgan fingerprint density at radius 1 is 1.19 bits per heavy atom. The number of rotatable bonds is 10. The van der Waals surface area contributed by atoms with Crippen LogP contribution in [0, 0.1) is 0 Å². The van der Waals surface area contributed by atoms with Crippen molar-refractivity contribution < 1.29 is 32.2 Å². The molecule has 0 saturated heterocycles. The molecule has 0 aromatic heterocycles. The molecule has 0 spiro atoms. The van der Waals surface area contributed by atoms with Crippen molar-refractivity contribution in [3.63, 3.8) is 0 Å². The molecular formula is C17H23BrF3NO4. The van der Waals surface area contributed by atoms with E-state index in [-0.39, 0.29) is 18.9 Å². The van der Waals surface area contributed by atoms with Gasteiger partial charge in [-0.1, -0.05) is 15.9 Å². The Labute approximate surface area is 159 Å². The number of benzene rings is 1. The second kappa shape index (κ2) is 10.6. The van der Waals surface area contributed by atoms with E-state index in [0.717, 1.165) is 0 Å². The fourth-order valence-electron chi connectivity index (χ4n) is 2.14. The zero-order chi connectivity index (χ0) is 19.7. The summed E-state index contributed by atoms with van der Waals surface area (Å²) in [6.07, 6.45) is -4.34. The first-order valence-electron chi connectivity index (χ1n) is 8.18. The van der Waals surface area contributed by atoms with Crippen LogP contribution in [-0.2, 0) is 16.0 Å². The normalized spacial score (nSPS) is 12.6. The van der Waals surface area contributed by atoms with E-state index in [2.05, 4.69) is 26.0 Å². The highest BCUT2D eigenvalue weighted by Gasteiger charge is 2.27. The van der Waals surface area contributed by atoms with E-state index < -0.39 is 18.8 Å². The zero-order valence-corrected chi connectivity index (χ0v) is 16.5. The van der Waals surface area contributed by atoms with Crippen molar-refractivity contribution >= 4 is 21.8 Å². The Balaban J connectivity index is 2.66. The summed E-state index contributed by atoms with van der Waals surface area (Å²) in [5.41, 5.74) is 0.679. The number of ether oxygens (including phenoxy) is 3. The monoisotopic (exact) mass is 441 g/mol. The van der Waals surface area contributed by atoms with E-state index >= 15 is 0 Å². The standard InChI is InChI=1S/C17H23BrF3NO4/c1-4-25-14-6-12(13(18)8-15(14)26-5-2)7-16(23)22-11(3)9-24-10-17(19,20)21/h6,8,11H,4-5,7,9-10H2,1-3H3,(H,22,23). The van der Waals surface area contributed by atoms with Crippen molar-refractivity contribution in [2.75, 3.05) is 26.4 Å². The number of alkyl halides is 3. The van der Waals surface area contributed by atoms with E-state index in [1.54, 1.807) is 19.1 Å².